The van der Waals surface area contributed by atoms with Crippen molar-refractivity contribution in [3.8, 4) is 11.5 Å². The molecule has 4 aromatic rings. The third kappa shape index (κ3) is 8.56. The summed E-state index contributed by atoms with van der Waals surface area (Å²) in [4.78, 5) is 7.47. The second kappa shape index (κ2) is 15.3. The van der Waals surface area contributed by atoms with Crippen LogP contribution < -0.4 is 51.4 Å². The van der Waals surface area contributed by atoms with Gasteiger partial charge in [-0.1, -0.05) is 33.0 Å². The van der Waals surface area contributed by atoms with Crippen LogP contribution in [0.1, 0.15) is 36.9 Å². The predicted molar refractivity (Wildman–Crippen MR) is 170 cm³/mol. The maximum Gasteiger partial charge on any atom is 1.00 e. The van der Waals surface area contributed by atoms with Crippen LogP contribution in [0.2, 0.25) is 19.6 Å². The first-order chi connectivity index (χ1) is 21.9. The van der Waals surface area contributed by atoms with Gasteiger partial charge in [0.25, 0.3) is 0 Å². The maximum atomic E-state index is 15.0. The fourth-order valence-electron chi connectivity index (χ4n) is 4.68. The topological polar surface area (TPSA) is 50.8 Å². The molecule has 0 spiro atoms. The monoisotopic (exact) mass is 796 g/mol. The normalized spacial score (nSPS) is 19.6. The molecule has 2 aromatic heterocycles. The van der Waals surface area contributed by atoms with Crippen LogP contribution in [0.15, 0.2) is 77.5 Å². The van der Waals surface area contributed by atoms with Gasteiger partial charge < -0.3 is 10.9 Å². The minimum absolute atomic E-state index is 0. The summed E-state index contributed by atoms with van der Waals surface area (Å²) in [6.45, 7) is 5.48. The molecule has 6 rings (SSSR count). The minimum atomic E-state index is -3.57. The van der Waals surface area contributed by atoms with Crippen LogP contribution in [0.5, 0.6) is 0 Å². The van der Waals surface area contributed by atoms with Gasteiger partial charge in [-0.25, -0.2) is 17.6 Å². The van der Waals surface area contributed by atoms with Crippen LogP contribution in [-0.4, -0.2) is 31.3 Å². The molecule has 0 bridgehead atoms. The zero-order chi connectivity index (χ0) is 34.4. The Morgan fingerprint density at radius 2 is 1.16 bits per heavy atom. The van der Waals surface area contributed by atoms with Gasteiger partial charge in [0, 0.05) is 45.7 Å². The van der Waals surface area contributed by atoms with Crippen molar-refractivity contribution in [1.82, 2.24) is 9.97 Å². The molecule has 2 fully saturated rings. The van der Waals surface area contributed by atoms with Crippen LogP contribution in [0.25, 0.3) is 0 Å². The Hall–Kier alpha value is -2.01. The van der Waals surface area contributed by atoms with Gasteiger partial charge >= 0.3 is 63.2 Å². The largest absolute Gasteiger partial charge is 1.00 e. The zero-order valence-corrected chi connectivity index (χ0v) is 31.7. The summed E-state index contributed by atoms with van der Waals surface area (Å²) in [7, 11) is -1.59. The molecule has 2 unspecified atom stereocenters. The number of benzene rings is 2. The van der Waals surface area contributed by atoms with Crippen molar-refractivity contribution in [3.63, 3.8) is 0 Å². The smallest absolute Gasteiger partial charge is 1.00 e. The van der Waals surface area contributed by atoms with Crippen LogP contribution in [0.3, 0.4) is 0 Å². The molecule has 4 nitrogen and oxygen atoms in total. The molecule has 49 heavy (non-hydrogen) atoms. The maximum absolute atomic E-state index is 15.0. The Kier molecular flexibility index (Phi) is 12.9. The predicted octanol–water partition coefficient (Wildman–Crippen LogP) is 6.50. The molecular formula is C34H30BrF8KN2O2Si. The van der Waals surface area contributed by atoms with E-state index in [1.54, 1.807) is 0 Å². The van der Waals surface area contributed by atoms with E-state index in [9.17, 15) is 35.1 Å². The molecule has 0 radical (unpaired) electrons. The van der Waals surface area contributed by atoms with E-state index in [2.05, 4.69) is 57.0 Å². The van der Waals surface area contributed by atoms with Crippen LogP contribution in [0.4, 0.5) is 35.1 Å². The Morgan fingerprint density at radius 3 is 1.49 bits per heavy atom. The number of alkyl halides is 4. The van der Waals surface area contributed by atoms with Crippen molar-refractivity contribution in [1.29, 1.82) is 0 Å². The van der Waals surface area contributed by atoms with Crippen LogP contribution in [0, 0.1) is 34.7 Å². The Morgan fingerprint density at radius 1 is 0.735 bits per heavy atom. The van der Waals surface area contributed by atoms with Crippen molar-refractivity contribution < 1.29 is 97.4 Å². The number of pyridine rings is 2. The molecule has 0 saturated carbocycles. The molecule has 0 N–H and O–H groups in total. The number of halogens is 9. The van der Waals surface area contributed by atoms with Crippen LogP contribution >= 0.6 is 15.9 Å². The van der Waals surface area contributed by atoms with Gasteiger partial charge in [-0.15, -0.1) is 5.54 Å². The summed E-state index contributed by atoms with van der Waals surface area (Å²) in [5.41, 5.74) is -2.47. The Labute approximate surface area is 332 Å². The fourth-order valence-corrected chi connectivity index (χ4v) is 5.43. The van der Waals surface area contributed by atoms with Gasteiger partial charge in [-0.2, -0.15) is 17.6 Å². The third-order valence-electron chi connectivity index (χ3n) is 7.33. The van der Waals surface area contributed by atoms with Crippen molar-refractivity contribution in [2.24, 2.45) is 0 Å². The van der Waals surface area contributed by atoms with Gasteiger partial charge in [0.05, 0.1) is 13.2 Å². The molecule has 2 atom stereocenters. The van der Waals surface area contributed by atoms with E-state index in [0.717, 1.165) is 30.3 Å². The molecule has 2 aromatic carbocycles. The minimum Gasteiger partial charge on any atom is -1.00 e. The molecule has 256 valence electrons. The number of ether oxygens (including phenoxy) is 2. The first-order valence-electron chi connectivity index (χ1n) is 14.0. The second-order valence-corrected chi connectivity index (χ2v) is 17.6. The van der Waals surface area contributed by atoms with E-state index >= 15 is 0 Å². The van der Waals surface area contributed by atoms with Gasteiger partial charge in [0.1, 0.15) is 42.7 Å². The number of epoxide rings is 2. The Balaban J connectivity index is 0.000000333. The summed E-state index contributed by atoms with van der Waals surface area (Å²) >= 11 is 3.10. The number of hydrogen-bond donors (Lipinski definition) is 0. The van der Waals surface area contributed by atoms with E-state index < -0.39 is 65.8 Å². The van der Waals surface area contributed by atoms with Gasteiger partial charge in [0.15, 0.2) is 11.2 Å². The molecular weight excluding hydrogens is 767 g/mol. The zero-order valence-electron chi connectivity index (χ0n) is 27.0. The molecule has 2 aliphatic rings. The summed E-state index contributed by atoms with van der Waals surface area (Å²) in [5, 5.41) is 0. The van der Waals surface area contributed by atoms with Crippen LogP contribution in [-0.2, 0) is 32.5 Å². The first-order valence-corrected chi connectivity index (χ1v) is 18.3. The number of nitrogens with zero attached hydrogens (tertiary/aromatic N) is 2. The summed E-state index contributed by atoms with van der Waals surface area (Å²) < 4.78 is 124. The Bertz CT molecular complexity index is 1860. The fraction of sp³-hybridized carbons (Fsp3) is 0.294. The van der Waals surface area contributed by atoms with Gasteiger partial charge in [-0.05, 0) is 64.5 Å². The standard InChI is InChI=1S/C19H17F4NOSi.C14H8BrF4NO.CH4.K.H/c1-26(2,3)9-8-13-4-7-17(24-11-13)19(22,23)18(12-25-18)15-6-5-14(20)10-16(15)21;15-8-1-4-12(20-6-8)14(18,19)13(7-21-13)10-3-2-9(16)5-11(10)17;;;/h4-7,10-11H,12H2,1-3H3;1-6H,7H2;1H4;;/q;;;+1;-1. The summed E-state index contributed by atoms with van der Waals surface area (Å²) in [6, 6.07) is 10.1. The molecule has 15 heteroatoms. The second-order valence-electron chi connectivity index (χ2n) is 11.9. The first kappa shape index (κ1) is 41.4. The number of rotatable bonds is 6. The van der Waals surface area contributed by atoms with Crippen molar-refractivity contribution >= 4 is 24.0 Å². The van der Waals surface area contributed by atoms with E-state index in [1.807, 2.05) is 0 Å². The quantitative estimate of drug-likeness (QED) is 0.0969. The molecule has 0 amide bonds. The van der Waals surface area contributed by atoms with Gasteiger partial charge in [0.2, 0.25) is 0 Å². The average Bonchev–Trinajstić information content (AvgIpc) is 3.92. The molecule has 2 saturated heterocycles. The van der Waals surface area contributed by atoms with Gasteiger partial charge in [-0.3, -0.25) is 9.97 Å². The number of hydrogen-bond acceptors (Lipinski definition) is 4. The van der Waals surface area contributed by atoms with E-state index in [1.165, 1.54) is 30.6 Å². The van der Waals surface area contributed by atoms with E-state index in [4.69, 9.17) is 9.47 Å². The van der Waals surface area contributed by atoms with Crippen molar-refractivity contribution in [2.75, 3.05) is 13.2 Å². The van der Waals surface area contributed by atoms with Crippen molar-refractivity contribution in [3.05, 3.63) is 129 Å². The molecule has 4 heterocycles. The molecule has 0 aliphatic carbocycles. The SMILES string of the molecule is C.C[Si](C)(C)C#Cc1ccc(C(F)(F)C2(c3ccc(F)cc3F)CO2)nc1.Fc1ccc(C2(C(F)(F)c3ccc(Br)cn3)CO2)c(F)c1.[H-].[K+]. The van der Waals surface area contributed by atoms with Crippen molar-refractivity contribution in [2.45, 2.75) is 50.1 Å². The third-order valence-corrected chi connectivity index (χ3v) is 8.67. The number of aromatic nitrogens is 2. The van der Waals surface area contributed by atoms with E-state index in [0.29, 0.717) is 22.2 Å². The van der Waals surface area contributed by atoms with E-state index in [-0.39, 0.29) is 84.6 Å². The summed E-state index contributed by atoms with van der Waals surface area (Å²) in [5.74, 6) is -7.98. The average molecular weight is 798 g/mol. The summed E-state index contributed by atoms with van der Waals surface area (Å²) in [6.07, 6.45) is 2.49. The molecule has 2 aliphatic heterocycles.